The van der Waals surface area contributed by atoms with Gasteiger partial charge in [0.25, 0.3) is 0 Å². The van der Waals surface area contributed by atoms with Crippen LogP contribution in [0.15, 0.2) is 168 Å². The van der Waals surface area contributed by atoms with Gasteiger partial charge in [-0.1, -0.05) is 135 Å². The normalized spacial score (nSPS) is 13.1. The fourth-order valence-corrected chi connectivity index (χ4v) is 7.48. The maximum Gasteiger partial charge on any atom is 0.143 e. The minimum absolute atomic E-state index is 0.0966. The van der Waals surface area contributed by atoms with Crippen molar-refractivity contribution in [1.82, 2.24) is 0 Å². The summed E-state index contributed by atoms with van der Waals surface area (Å²) >= 11 is 0. The van der Waals surface area contributed by atoms with Crippen molar-refractivity contribution in [1.29, 1.82) is 0 Å². The molecule has 1 aliphatic carbocycles. The van der Waals surface area contributed by atoms with E-state index >= 15 is 0 Å². The van der Waals surface area contributed by atoms with Crippen LogP contribution in [0.3, 0.4) is 0 Å². The molecule has 0 bridgehead atoms. The highest BCUT2D eigenvalue weighted by atomic mass is 16.3. The first-order valence-corrected chi connectivity index (χ1v) is 16.3. The molecule has 1 aromatic heterocycles. The zero-order valence-electron chi connectivity index (χ0n) is 26.4. The van der Waals surface area contributed by atoms with Crippen LogP contribution in [0.2, 0.25) is 0 Å². The summed E-state index contributed by atoms with van der Waals surface area (Å²) in [7, 11) is 0. The predicted molar refractivity (Wildman–Crippen MR) is 197 cm³/mol. The van der Waals surface area contributed by atoms with Gasteiger partial charge in [-0.05, 0) is 81.4 Å². The third kappa shape index (κ3) is 4.40. The van der Waals surface area contributed by atoms with Crippen molar-refractivity contribution in [3.63, 3.8) is 0 Å². The molecular formula is C45H33NO. The molecule has 0 spiro atoms. The third-order valence-electron chi connectivity index (χ3n) is 9.86. The summed E-state index contributed by atoms with van der Waals surface area (Å²) in [4.78, 5) is 2.39. The van der Waals surface area contributed by atoms with Crippen molar-refractivity contribution in [2.75, 3.05) is 4.90 Å². The number of para-hydroxylation sites is 2. The van der Waals surface area contributed by atoms with E-state index in [4.69, 9.17) is 4.42 Å². The van der Waals surface area contributed by atoms with Gasteiger partial charge in [0, 0.05) is 38.8 Å². The standard InChI is InChI=1S/C45H33NO/c1-45(2)41-19-11-9-17-36(41)37-26-25-34(29-42(37)45)46(33-15-7-4-8-16-33)35-27-39(44-40(28-35)38-18-10-12-20-43(38)47-44)32-23-21-31(22-24-32)30-13-5-3-6-14-30/h3-29H,1-2H3. The Kier molecular flexibility index (Phi) is 6.20. The van der Waals surface area contributed by atoms with E-state index in [1.807, 2.05) is 6.07 Å². The van der Waals surface area contributed by atoms with Crippen molar-refractivity contribution in [2.45, 2.75) is 19.3 Å². The van der Waals surface area contributed by atoms with Crippen LogP contribution in [0.4, 0.5) is 17.1 Å². The molecule has 8 aromatic rings. The molecule has 0 aliphatic heterocycles. The van der Waals surface area contributed by atoms with Crippen molar-refractivity contribution in [2.24, 2.45) is 0 Å². The Morgan fingerprint density at radius 3 is 1.87 bits per heavy atom. The van der Waals surface area contributed by atoms with E-state index in [-0.39, 0.29) is 5.41 Å². The molecule has 2 nitrogen and oxygen atoms in total. The Morgan fingerprint density at radius 2 is 1.06 bits per heavy atom. The number of nitrogens with zero attached hydrogens (tertiary/aromatic N) is 1. The van der Waals surface area contributed by atoms with Gasteiger partial charge < -0.3 is 9.32 Å². The maximum atomic E-state index is 6.60. The first kappa shape index (κ1) is 27.5. The molecule has 47 heavy (non-hydrogen) atoms. The van der Waals surface area contributed by atoms with Gasteiger partial charge in [0.1, 0.15) is 11.2 Å². The lowest BCUT2D eigenvalue weighted by Crippen LogP contribution is -2.16. The Bertz CT molecular complexity index is 2420. The highest BCUT2D eigenvalue weighted by molar-refractivity contribution is 6.11. The number of fused-ring (bicyclic) bond motifs is 6. The molecule has 0 saturated carbocycles. The van der Waals surface area contributed by atoms with Crippen molar-refractivity contribution in [3.05, 3.63) is 175 Å². The third-order valence-corrected chi connectivity index (χ3v) is 9.86. The average molecular weight is 604 g/mol. The lowest BCUT2D eigenvalue weighted by Gasteiger charge is -2.28. The van der Waals surface area contributed by atoms with Crippen molar-refractivity contribution in [3.8, 4) is 33.4 Å². The Labute approximate surface area is 275 Å². The van der Waals surface area contributed by atoms with E-state index in [0.717, 1.165) is 50.1 Å². The van der Waals surface area contributed by atoms with Gasteiger partial charge in [-0.15, -0.1) is 0 Å². The SMILES string of the molecule is CC1(C)c2ccccc2-c2ccc(N(c3ccccc3)c3cc(-c4ccc(-c5ccccc5)cc4)c4oc5ccccc5c4c3)cc21. The second-order valence-electron chi connectivity index (χ2n) is 13.0. The molecule has 0 N–H and O–H groups in total. The average Bonchev–Trinajstić information content (AvgIpc) is 3.61. The van der Waals surface area contributed by atoms with Crippen LogP contribution < -0.4 is 4.90 Å². The van der Waals surface area contributed by atoms with Gasteiger partial charge in [-0.25, -0.2) is 0 Å². The molecular weight excluding hydrogens is 571 g/mol. The van der Waals surface area contributed by atoms with E-state index in [9.17, 15) is 0 Å². The van der Waals surface area contributed by atoms with Gasteiger partial charge in [0.2, 0.25) is 0 Å². The molecule has 7 aromatic carbocycles. The van der Waals surface area contributed by atoms with Crippen LogP contribution >= 0.6 is 0 Å². The lowest BCUT2D eigenvalue weighted by molar-refractivity contribution is 0.660. The minimum atomic E-state index is -0.0966. The smallest absolute Gasteiger partial charge is 0.143 e. The molecule has 0 unspecified atom stereocenters. The van der Waals surface area contributed by atoms with Crippen molar-refractivity contribution >= 4 is 39.0 Å². The minimum Gasteiger partial charge on any atom is -0.455 e. The van der Waals surface area contributed by atoms with Gasteiger partial charge in [0.15, 0.2) is 0 Å². The number of furan rings is 1. The monoisotopic (exact) mass is 603 g/mol. The summed E-state index contributed by atoms with van der Waals surface area (Å²) in [5.41, 5.74) is 15.0. The van der Waals surface area contributed by atoms with E-state index in [0.29, 0.717) is 0 Å². The second-order valence-corrected chi connectivity index (χ2v) is 13.0. The summed E-state index contributed by atoms with van der Waals surface area (Å²) in [6.45, 7) is 4.68. The molecule has 0 saturated heterocycles. The highest BCUT2D eigenvalue weighted by Crippen LogP contribution is 2.51. The second kappa shape index (κ2) is 10.6. The van der Waals surface area contributed by atoms with Crippen LogP contribution in [0, 0.1) is 0 Å². The van der Waals surface area contributed by atoms with Crippen molar-refractivity contribution < 1.29 is 4.42 Å². The topological polar surface area (TPSA) is 16.4 Å². The first-order valence-electron chi connectivity index (χ1n) is 16.3. The zero-order chi connectivity index (χ0) is 31.5. The molecule has 0 amide bonds. The summed E-state index contributed by atoms with van der Waals surface area (Å²) in [6, 6.07) is 58.8. The fourth-order valence-electron chi connectivity index (χ4n) is 7.48. The molecule has 0 radical (unpaired) electrons. The maximum absolute atomic E-state index is 6.60. The van der Waals surface area contributed by atoms with Crippen LogP contribution in [-0.2, 0) is 5.41 Å². The van der Waals surface area contributed by atoms with Gasteiger partial charge in [-0.3, -0.25) is 0 Å². The molecule has 0 atom stereocenters. The number of benzene rings is 7. The van der Waals surface area contributed by atoms with E-state index < -0.39 is 0 Å². The van der Waals surface area contributed by atoms with Crippen LogP contribution in [-0.4, -0.2) is 0 Å². The van der Waals surface area contributed by atoms with E-state index in [1.165, 1.54) is 33.4 Å². The Hall–Kier alpha value is -5.86. The van der Waals surface area contributed by atoms with Gasteiger partial charge in [0.05, 0.1) is 0 Å². The van der Waals surface area contributed by atoms with Crippen LogP contribution in [0.25, 0.3) is 55.3 Å². The Morgan fingerprint density at radius 1 is 0.426 bits per heavy atom. The number of rotatable bonds is 5. The van der Waals surface area contributed by atoms with Gasteiger partial charge >= 0.3 is 0 Å². The number of hydrogen-bond acceptors (Lipinski definition) is 2. The summed E-state index contributed by atoms with van der Waals surface area (Å²) < 4.78 is 6.60. The largest absolute Gasteiger partial charge is 0.455 e. The first-order chi connectivity index (χ1) is 23.1. The quantitative estimate of drug-likeness (QED) is 0.195. The molecule has 0 fully saturated rings. The summed E-state index contributed by atoms with van der Waals surface area (Å²) in [5.74, 6) is 0. The lowest BCUT2D eigenvalue weighted by atomic mass is 9.82. The molecule has 2 heteroatoms. The van der Waals surface area contributed by atoms with Crippen LogP contribution in [0.5, 0.6) is 0 Å². The summed E-state index contributed by atoms with van der Waals surface area (Å²) in [6.07, 6.45) is 0. The molecule has 9 rings (SSSR count). The van der Waals surface area contributed by atoms with E-state index in [2.05, 4.69) is 176 Å². The predicted octanol–water partition coefficient (Wildman–Crippen LogP) is 12.7. The van der Waals surface area contributed by atoms with Gasteiger partial charge in [-0.2, -0.15) is 0 Å². The number of hydrogen-bond donors (Lipinski definition) is 0. The van der Waals surface area contributed by atoms with Crippen LogP contribution in [0.1, 0.15) is 25.0 Å². The molecule has 1 heterocycles. The Balaban J connectivity index is 1.27. The summed E-state index contributed by atoms with van der Waals surface area (Å²) in [5, 5.41) is 2.22. The molecule has 1 aliphatic rings. The number of anilines is 3. The molecule has 224 valence electrons. The van der Waals surface area contributed by atoms with E-state index in [1.54, 1.807) is 0 Å². The highest BCUT2D eigenvalue weighted by Gasteiger charge is 2.35. The zero-order valence-corrected chi connectivity index (χ0v) is 26.4. The fraction of sp³-hybridized carbons (Fsp3) is 0.0667.